The Bertz CT molecular complexity index is 792. The van der Waals surface area contributed by atoms with E-state index in [0.29, 0.717) is 12.8 Å². The number of unbranched alkanes of at least 4 members (excludes halogenated alkanes) is 16. The molecule has 0 aromatic rings. The molecule has 0 radical (unpaired) electrons. The fourth-order valence-electron chi connectivity index (χ4n) is 5.89. The van der Waals surface area contributed by atoms with Gasteiger partial charge in [0.1, 0.15) is 24.4 Å². The topological polar surface area (TPSA) is 149 Å². The summed E-state index contributed by atoms with van der Waals surface area (Å²) in [4.78, 5) is 12.8. The van der Waals surface area contributed by atoms with Gasteiger partial charge in [-0.25, -0.2) is 0 Å². The van der Waals surface area contributed by atoms with E-state index in [0.717, 1.165) is 64.2 Å². The number of carbonyl (C=O) groups is 1. The zero-order valence-corrected chi connectivity index (χ0v) is 29.8. The van der Waals surface area contributed by atoms with Crippen LogP contribution < -0.4 is 5.32 Å². The third kappa shape index (κ3) is 21.4. The number of hydrogen-bond acceptors (Lipinski definition) is 8. The Hall–Kier alpha value is -1.33. The molecule has 1 saturated heterocycles. The molecule has 276 valence electrons. The summed E-state index contributed by atoms with van der Waals surface area (Å²) >= 11 is 0. The van der Waals surface area contributed by atoms with Gasteiger partial charge in [0.15, 0.2) is 6.29 Å². The van der Waals surface area contributed by atoms with Crippen LogP contribution in [0.5, 0.6) is 0 Å². The van der Waals surface area contributed by atoms with Gasteiger partial charge in [0.05, 0.1) is 25.4 Å². The molecule has 9 nitrogen and oxygen atoms in total. The summed E-state index contributed by atoms with van der Waals surface area (Å²) in [6, 6.07) is -0.720. The summed E-state index contributed by atoms with van der Waals surface area (Å²) in [5.41, 5.74) is 0. The molecule has 0 spiro atoms. The molecule has 0 aromatic carbocycles. The second kappa shape index (κ2) is 29.6. The van der Waals surface area contributed by atoms with Crippen LogP contribution in [-0.2, 0) is 14.3 Å². The van der Waals surface area contributed by atoms with E-state index < -0.39 is 49.5 Å². The fraction of sp³-hybridized carbons (Fsp3) is 0.868. The van der Waals surface area contributed by atoms with Crippen molar-refractivity contribution in [1.82, 2.24) is 5.32 Å². The predicted molar refractivity (Wildman–Crippen MR) is 189 cm³/mol. The first-order valence-electron chi connectivity index (χ1n) is 19.0. The smallest absolute Gasteiger partial charge is 0.220 e. The molecule has 1 amide bonds. The average molecular weight is 670 g/mol. The first kappa shape index (κ1) is 43.7. The lowest BCUT2D eigenvalue weighted by molar-refractivity contribution is -0.302. The lowest BCUT2D eigenvalue weighted by Crippen LogP contribution is -2.60. The molecule has 0 aromatic heterocycles. The summed E-state index contributed by atoms with van der Waals surface area (Å²) < 4.78 is 11.2. The molecule has 1 heterocycles. The molecule has 6 N–H and O–H groups in total. The van der Waals surface area contributed by atoms with Crippen molar-refractivity contribution in [2.24, 2.45) is 0 Å². The molecular formula is C38H71NO8. The number of aliphatic hydroxyl groups is 5. The Morgan fingerprint density at radius 1 is 0.723 bits per heavy atom. The summed E-state index contributed by atoms with van der Waals surface area (Å²) in [6.45, 7) is 3.74. The molecule has 1 aliphatic heterocycles. The van der Waals surface area contributed by atoms with Gasteiger partial charge in [-0.3, -0.25) is 4.79 Å². The van der Waals surface area contributed by atoms with Gasteiger partial charge >= 0.3 is 0 Å². The third-order valence-corrected chi connectivity index (χ3v) is 9.06. The van der Waals surface area contributed by atoms with E-state index >= 15 is 0 Å². The Labute approximate surface area is 286 Å². The highest BCUT2D eigenvalue weighted by molar-refractivity contribution is 5.76. The summed E-state index contributed by atoms with van der Waals surface area (Å²) in [7, 11) is 0. The molecule has 9 heteroatoms. The van der Waals surface area contributed by atoms with Gasteiger partial charge in [0, 0.05) is 6.42 Å². The van der Waals surface area contributed by atoms with E-state index in [1.165, 1.54) is 64.2 Å². The number of aliphatic hydroxyl groups excluding tert-OH is 5. The number of carbonyl (C=O) groups excluding carboxylic acids is 1. The van der Waals surface area contributed by atoms with Crippen LogP contribution in [0.4, 0.5) is 0 Å². The standard InChI is InChI=1S/C38H71NO8/c1-3-5-7-9-11-13-14-15-16-17-18-19-20-22-24-26-28-34(42)39-31(32(41)27-25-23-21-12-10-8-6-4-2)30-46-38-37(45)36(44)35(43)33(29-40)47-38/h13-14,16-17,31-33,35-38,40-41,43-45H,3-12,15,18-30H2,1-2H3,(H,39,42)/b14-13-,17-16-. The van der Waals surface area contributed by atoms with Gasteiger partial charge in [0.2, 0.25) is 5.91 Å². The predicted octanol–water partition coefficient (Wildman–Crippen LogP) is 6.38. The molecule has 1 fully saturated rings. The second-order valence-corrected chi connectivity index (χ2v) is 13.4. The Kier molecular flexibility index (Phi) is 27.5. The molecule has 1 rings (SSSR count). The summed E-state index contributed by atoms with van der Waals surface area (Å²) in [5, 5.41) is 53.9. The zero-order chi connectivity index (χ0) is 34.5. The van der Waals surface area contributed by atoms with Crippen molar-refractivity contribution >= 4 is 5.91 Å². The van der Waals surface area contributed by atoms with E-state index in [2.05, 4.69) is 43.5 Å². The van der Waals surface area contributed by atoms with Gasteiger partial charge in [0.25, 0.3) is 0 Å². The van der Waals surface area contributed by atoms with Crippen LogP contribution in [0.2, 0.25) is 0 Å². The Morgan fingerprint density at radius 2 is 1.26 bits per heavy atom. The third-order valence-electron chi connectivity index (χ3n) is 9.06. The molecule has 1 aliphatic rings. The quantitative estimate of drug-likeness (QED) is 0.0381. The van der Waals surface area contributed by atoms with Crippen molar-refractivity contribution in [2.45, 2.75) is 198 Å². The van der Waals surface area contributed by atoms with Crippen molar-refractivity contribution in [3.05, 3.63) is 24.3 Å². The summed E-state index contributed by atoms with van der Waals surface area (Å²) in [6.07, 6.45) is 24.8. The first-order valence-corrected chi connectivity index (χ1v) is 19.0. The Morgan fingerprint density at radius 3 is 1.85 bits per heavy atom. The number of nitrogens with one attached hydrogen (secondary N) is 1. The van der Waals surface area contributed by atoms with Crippen molar-refractivity contribution in [3.63, 3.8) is 0 Å². The SMILES string of the molecule is CCCCCC/C=C\C/C=C\CCCCCCCC(=O)NC(COC1OC(CO)C(O)C(O)C1O)C(O)CCCCCCCCCC. The molecule has 7 unspecified atom stereocenters. The highest BCUT2D eigenvalue weighted by Gasteiger charge is 2.44. The minimum Gasteiger partial charge on any atom is -0.394 e. The number of ether oxygens (including phenoxy) is 2. The highest BCUT2D eigenvalue weighted by atomic mass is 16.7. The molecule has 0 bridgehead atoms. The Balaban J connectivity index is 2.40. The van der Waals surface area contributed by atoms with E-state index in [1.807, 2.05) is 0 Å². The minimum absolute atomic E-state index is 0.144. The molecule has 47 heavy (non-hydrogen) atoms. The van der Waals surface area contributed by atoms with Crippen LogP contribution in [-0.4, -0.2) is 87.5 Å². The highest BCUT2D eigenvalue weighted by Crippen LogP contribution is 2.23. The van der Waals surface area contributed by atoms with Crippen molar-refractivity contribution in [1.29, 1.82) is 0 Å². The fourth-order valence-corrected chi connectivity index (χ4v) is 5.89. The monoisotopic (exact) mass is 670 g/mol. The van der Waals surface area contributed by atoms with Gasteiger partial charge in [-0.05, 0) is 44.9 Å². The summed E-state index contributed by atoms with van der Waals surface area (Å²) in [5.74, 6) is -0.163. The van der Waals surface area contributed by atoms with Crippen LogP contribution in [0, 0.1) is 0 Å². The number of rotatable bonds is 30. The molecule has 0 aliphatic carbocycles. The van der Waals surface area contributed by atoms with Crippen molar-refractivity contribution < 1.29 is 39.8 Å². The maximum absolute atomic E-state index is 12.8. The second-order valence-electron chi connectivity index (χ2n) is 13.4. The van der Waals surface area contributed by atoms with Crippen LogP contribution in [0.1, 0.15) is 155 Å². The lowest BCUT2D eigenvalue weighted by atomic mass is 9.99. The van der Waals surface area contributed by atoms with Crippen molar-refractivity contribution in [2.75, 3.05) is 13.2 Å². The van der Waals surface area contributed by atoms with E-state index in [9.17, 15) is 30.3 Å². The average Bonchev–Trinajstić information content (AvgIpc) is 3.07. The van der Waals surface area contributed by atoms with Crippen LogP contribution in [0.25, 0.3) is 0 Å². The number of allylic oxidation sites excluding steroid dienone is 4. The maximum Gasteiger partial charge on any atom is 0.220 e. The van der Waals surface area contributed by atoms with E-state index in [4.69, 9.17) is 9.47 Å². The zero-order valence-electron chi connectivity index (χ0n) is 29.8. The van der Waals surface area contributed by atoms with E-state index in [-0.39, 0.29) is 12.5 Å². The van der Waals surface area contributed by atoms with Crippen LogP contribution in [0.15, 0.2) is 24.3 Å². The number of amides is 1. The minimum atomic E-state index is -1.55. The lowest BCUT2D eigenvalue weighted by Gasteiger charge is -2.40. The molecule has 7 atom stereocenters. The normalized spacial score (nSPS) is 23.1. The largest absolute Gasteiger partial charge is 0.394 e. The first-order chi connectivity index (χ1) is 22.8. The number of hydrogen-bond donors (Lipinski definition) is 6. The van der Waals surface area contributed by atoms with Gasteiger partial charge < -0.3 is 40.3 Å². The van der Waals surface area contributed by atoms with Crippen molar-refractivity contribution in [3.8, 4) is 0 Å². The molecule has 0 saturated carbocycles. The van der Waals surface area contributed by atoms with E-state index in [1.54, 1.807) is 0 Å². The molecular weight excluding hydrogens is 598 g/mol. The maximum atomic E-state index is 12.8. The van der Waals surface area contributed by atoms with Crippen LogP contribution >= 0.6 is 0 Å². The van der Waals surface area contributed by atoms with Gasteiger partial charge in [-0.1, -0.05) is 128 Å². The van der Waals surface area contributed by atoms with Crippen LogP contribution in [0.3, 0.4) is 0 Å². The van der Waals surface area contributed by atoms with Gasteiger partial charge in [-0.15, -0.1) is 0 Å². The van der Waals surface area contributed by atoms with Gasteiger partial charge in [-0.2, -0.15) is 0 Å².